The minimum atomic E-state index is -0.563. The molecule has 0 aliphatic carbocycles. The Labute approximate surface area is 125 Å². The number of carbonyl (C=O) groups excluding carboxylic acids is 1. The normalized spacial score (nSPS) is 12.2. The molecule has 1 atom stereocenters. The van der Waals surface area contributed by atoms with E-state index in [0.717, 1.165) is 15.6 Å². The SMILES string of the molecule is CCOC(=O)C(C)c1nc(-c2ccc(Br)cc2C)no1. The molecule has 0 bridgehead atoms. The van der Waals surface area contributed by atoms with Crippen molar-refractivity contribution in [2.24, 2.45) is 0 Å². The van der Waals surface area contributed by atoms with Gasteiger partial charge in [-0.1, -0.05) is 21.1 Å². The summed E-state index contributed by atoms with van der Waals surface area (Å²) in [5.74, 6) is -0.191. The lowest BCUT2D eigenvalue weighted by Gasteiger charge is -2.04. The molecule has 0 spiro atoms. The van der Waals surface area contributed by atoms with Crippen molar-refractivity contribution in [3.8, 4) is 11.4 Å². The van der Waals surface area contributed by atoms with Crippen molar-refractivity contribution in [1.29, 1.82) is 0 Å². The molecule has 5 nitrogen and oxygen atoms in total. The van der Waals surface area contributed by atoms with Gasteiger partial charge in [0.2, 0.25) is 11.7 Å². The van der Waals surface area contributed by atoms with Crippen LogP contribution in [0.2, 0.25) is 0 Å². The van der Waals surface area contributed by atoms with Crippen LogP contribution >= 0.6 is 15.9 Å². The molecule has 0 fully saturated rings. The molecule has 106 valence electrons. The van der Waals surface area contributed by atoms with Gasteiger partial charge in [0.15, 0.2) is 0 Å². The molecule has 0 N–H and O–H groups in total. The Morgan fingerprint density at radius 3 is 2.90 bits per heavy atom. The van der Waals surface area contributed by atoms with Gasteiger partial charge in [0, 0.05) is 10.0 Å². The largest absolute Gasteiger partial charge is 0.465 e. The van der Waals surface area contributed by atoms with Crippen molar-refractivity contribution in [3.63, 3.8) is 0 Å². The number of nitrogens with zero attached hydrogens (tertiary/aromatic N) is 2. The third kappa shape index (κ3) is 3.07. The molecular formula is C14H15BrN2O3. The number of hydrogen-bond acceptors (Lipinski definition) is 5. The Bertz CT molecular complexity index is 625. The summed E-state index contributed by atoms with van der Waals surface area (Å²) in [4.78, 5) is 15.9. The van der Waals surface area contributed by atoms with Crippen LogP contribution in [-0.2, 0) is 9.53 Å². The van der Waals surface area contributed by atoms with Gasteiger partial charge in [0.25, 0.3) is 0 Å². The average Bonchev–Trinajstić information content (AvgIpc) is 2.87. The van der Waals surface area contributed by atoms with E-state index in [1.807, 2.05) is 25.1 Å². The highest BCUT2D eigenvalue weighted by molar-refractivity contribution is 9.10. The maximum Gasteiger partial charge on any atom is 0.318 e. The fourth-order valence-electron chi connectivity index (χ4n) is 1.77. The van der Waals surface area contributed by atoms with Gasteiger partial charge < -0.3 is 9.26 Å². The van der Waals surface area contributed by atoms with E-state index in [2.05, 4.69) is 26.1 Å². The molecule has 2 aromatic rings. The van der Waals surface area contributed by atoms with Gasteiger partial charge in [0.05, 0.1) is 6.61 Å². The molecule has 0 aliphatic heterocycles. The second-order valence-corrected chi connectivity index (χ2v) is 5.30. The lowest BCUT2D eigenvalue weighted by Crippen LogP contribution is -2.13. The Morgan fingerprint density at radius 2 is 2.25 bits per heavy atom. The van der Waals surface area contributed by atoms with Crippen LogP contribution in [0.1, 0.15) is 31.2 Å². The van der Waals surface area contributed by atoms with E-state index >= 15 is 0 Å². The van der Waals surface area contributed by atoms with Crippen LogP contribution in [-0.4, -0.2) is 22.7 Å². The molecule has 0 saturated heterocycles. The Kier molecular flexibility index (Phi) is 4.54. The van der Waals surface area contributed by atoms with Gasteiger partial charge in [0.1, 0.15) is 5.92 Å². The van der Waals surface area contributed by atoms with E-state index in [1.54, 1.807) is 13.8 Å². The van der Waals surface area contributed by atoms with Crippen molar-refractivity contribution >= 4 is 21.9 Å². The highest BCUT2D eigenvalue weighted by atomic mass is 79.9. The summed E-state index contributed by atoms with van der Waals surface area (Å²) < 4.78 is 11.1. The van der Waals surface area contributed by atoms with Crippen LogP contribution in [0.5, 0.6) is 0 Å². The number of hydrogen-bond donors (Lipinski definition) is 0. The third-order valence-electron chi connectivity index (χ3n) is 2.88. The van der Waals surface area contributed by atoms with Crippen molar-refractivity contribution in [3.05, 3.63) is 34.1 Å². The Hall–Kier alpha value is -1.69. The molecule has 0 amide bonds. The maximum absolute atomic E-state index is 11.6. The molecule has 20 heavy (non-hydrogen) atoms. The van der Waals surface area contributed by atoms with E-state index in [9.17, 15) is 4.79 Å². The Balaban J connectivity index is 2.26. The molecule has 1 heterocycles. The molecule has 1 aromatic carbocycles. The summed E-state index contributed by atoms with van der Waals surface area (Å²) in [6, 6.07) is 5.79. The molecule has 6 heteroatoms. The third-order valence-corrected chi connectivity index (χ3v) is 3.37. The topological polar surface area (TPSA) is 65.2 Å². The van der Waals surface area contributed by atoms with Gasteiger partial charge in [-0.15, -0.1) is 0 Å². The van der Waals surface area contributed by atoms with Gasteiger partial charge in [-0.3, -0.25) is 4.79 Å². The molecule has 1 unspecified atom stereocenters. The highest BCUT2D eigenvalue weighted by Gasteiger charge is 2.23. The smallest absolute Gasteiger partial charge is 0.318 e. The zero-order valence-corrected chi connectivity index (χ0v) is 13.1. The average molecular weight is 339 g/mol. The van der Waals surface area contributed by atoms with Crippen LogP contribution in [0.4, 0.5) is 0 Å². The van der Waals surface area contributed by atoms with Crippen LogP contribution in [0.25, 0.3) is 11.4 Å². The van der Waals surface area contributed by atoms with Gasteiger partial charge in [-0.05, 0) is 44.5 Å². The standard InChI is InChI=1S/C14H15BrN2O3/c1-4-19-14(18)9(3)13-16-12(17-20-13)11-6-5-10(15)7-8(11)2/h5-7,9H,4H2,1-3H3. The molecule has 0 aliphatic rings. The monoisotopic (exact) mass is 338 g/mol. The number of aromatic nitrogens is 2. The predicted molar refractivity (Wildman–Crippen MR) is 77.2 cm³/mol. The van der Waals surface area contributed by atoms with E-state index < -0.39 is 5.92 Å². The van der Waals surface area contributed by atoms with E-state index in [4.69, 9.17) is 9.26 Å². The zero-order valence-electron chi connectivity index (χ0n) is 11.5. The van der Waals surface area contributed by atoms with Gasteiger partial charge in [-0.2, -0.15) is 4.98 Å². The number of esters is 1. The number of carbonyl (C=O) groups is 1. The van der Waals surface area contributed by atoms with Crippen LogP contribution in [0.15, 0.2) is 27.2 Å². The maximum atomic E-state index is 11.6. The molecule has 1 aromatic heterocycles. The molecule has 0 saturated carbocycles. The van der Waals surface area contributed by atoms with Crippen LogP contribution < -0.4 is 0 Å². The number of halogens is 1. The summed E-state index contributed by atoms with van der Waals surface area (Å²) in [7, 11) is 0. The van der Waals surface area contributed by atoms with Crippen molar-refractivity contribution in [2.75, 3.05) is 6.61 Å². The van der Waals surface area contributed by atoms with Crippen molar-refractivity contribution in [2.45, 2.75) is 26.7 Å². The van der Waals surface area contributed by atoms with Crippen LogP contribution in [0, 0.1) is 6.92 Å². The Morgan fingerprint density at radius 1 is 1.50 bits per heavy atom. The number of ether oxygens (including phenoxy) is 1. The first-order chi connectivity index (χ1) is 9.52. The fourth-order valence-corrected chi connectivity index (χ4v) is 2.24. The van der Waals surface area contributed by atoms with Crippen molar-refractivity contribution < 1.29 is 14.1 Å². The highest BCUT2D eigenvalue weighted by Crippen LogP contribution is 2.25. The minimum Gasteiger partial charge on any atom is -0.465 e. The summed E-state index contributed by atoms with van der Waals surface area (Å²) >= 11 is 3.41. The van der Waals surface area contributed by atoms with Crippen LogP contribution in [0.3, 0.4) is 0 Å². The second-order valence-electron chi connectivity index (χ2n) is 4.39. The first kappa shape index (κ1) is 14.7. The molecule has 0 radical (unpaired) electrons. The lowest BCUT2D eigenvalue weighted by molar-refractivity contribution is -0.145. The predicted octanol–water partition coefficient (Wildman–Crippen LogP) is 3.47. The fraction of sp³-hybridized carbons (Fsp3) is 0.357. The quantitative estimate of drug-likeness (QED) is 0.798. The first-order valence-corrected chi connectivity index (χ1v) is 7.09. The minimum absolute atomic E-state index is 0.265. The number of rotatable bonds is 4. The summed E-state index contributed by atoms with van der Waals surface area (Å²) in [6.07, 6.45) is 0. The van der Waals surface area contributed by atoms with E-state index in [1.165, 1.54) is 0 Å². The first-order valence-electron chi connectivity index (χ1n) is 6.29. The second kappa shape index (κ2) is 6.17. The van der Waals surface area contributed by atoms with Gasteiger partial charge in [-0.25, -0.2) is 0 Å². The van der Waals surface area contributed by atoms with Crippen molar-refractivity contribution in [1.82, 2.24) is 10.1 Å². The summed E-state index contributed by atoms with van der Waals surface area (Å²) in [6.45, 7) is 5.74. The summed E-state index contributed by atoms with van der Waals surface area (Å²) in [5.41, 5.74) is 1.90. The molecule has 2 rings (SSSR count). The zero-order chi connectivity index (χ0) is 14.7. The number of benzene rings is 1. The van der Waals surface area contributed by atoms with Gasteiger partial charge >= 0.3 is 5.97 Å². The molecular weight excluding hydrogens is 324 g/mol. The summed E-state index contributed by atoms with van der Waals surface area (Å²) in [5, 5.41) is 3.93. The lowest BCUT2D eigenvalue weighted by atomic mass is 10.1. The number of aryl methyl sites for hydroxylation is 1. The van der Waals surface area contributed by atoms with E-state index in [0.29, 0.717) is 12.4 Å². The van der Waals surface area contributed by atoms with E-state index in [-0.39, 0.29) is 11.9 Å².